The van der Waals surface area contributed by atoms with Crippen molar-refractivity contribution in [3.05, 3.63) is 29.3 Å². The summed E-state index contributed by atoms with van der Waals surface area (Å²) in [6.07, 6.45) is 0.0452. The van der Waals surface area contributed by atoms with Crippen molar-refractivity contribution in [2.45, 2.75) is 13.3 Å². The quantitative estimate of drug-likeness (QED) is 0.630. The number of carbonyl (C=O) groups excluding carboxylic acids is 2. The van der Waals surface area contributed by atoms with Crippen LogP contribution in [-0.4, -0.2) is 25.7 Å². The number of rotatable bonds is 4. The maximum atomic E-state index is 11.7. The molecule has 0 atom stereocenters. The first-order chi connectivity index (χ1) is 8.06. The van der Waals surface area contributed by atoms with Crippen LogP contribution in [0.2, 0.25) is 0 Å². The van der Waals surface area contributed by atoms with Crippen molar-refractivity contribution in [1.82, 2.24) is 0 Å². The first kappa shape index (κ1) is 13.0. The number of ether oxygens (including phenoxy) is 2. The number of anilines is 1. The minimum Gasteiger partial charge on any atom is -0.469 e. The average Bonchev–Trinajstić information content (AvgIpc) is 2.32. The van der Waals surface area contributed by atoms with E-state index in [1.165, 1.54) is 7.11 Å². The number of hydrogen-bond donors (Lipinski definition) is 1. The fraction of sp³-hybridized carbons (Fsp3) is 0.333. The summed E-state index contributed by atoms with van der Waals surface area (Å²) in [7, 11) is 1.28. The molecule has 0 spiro atoms. The second-order valence-corrected chi connectivity index (χ2v) is 3.48. The van der Waals surface area contributed by atoms with E-state index in [1.54, 1.807) is 25.1 Å². The molecular weight excluding hydrogens is 222 g/mol. The third-order valence-corrected chi connectivity index (χ3v) is 2.36. The lowest BCUT2D eigenvalue weighted by molar-refractivity contribution is -0.141. The zero-order valence-electron chi connectivity index (χ0n) is 9.86. The van der Waals surface area contributed by atoms with Crippen LogP contribution in [0.4, 0.5) is 5.69 Å². The van der Waals surface area contributed by atoms with E-state index in [0.29, 0.717) is 16.8 Å². The van der Waals surface area contributed by atoms with E-state index in [1.807, 2.05) is 0 Å². The summed E-state index contributed by atoms with van der Waals surface area (Å²) in [6, 6.07) is 5.02. The summed E-state index contributed by atoms with van der Waals surface area (Å²) in [6.45, 7) is 1.74. The Morgan fingerprint density at radius 2 is 2.06 bits per heavy atom. The van der Waals surface area contributed by atoms with Crippen molar-refractivity contribution in [2.75, 3.05) is 19.5 Å². The van der Waals surface area contributed by atoms with E-state index in [-0.39, 0.29) is 13.0 Å². The van der Waals surface area contributed by atoms with Gasteiger partial charge in [0.25, 0.3) is 0 Å². The molecular formula is C12H15NO4. The van der Waals surface area contributed by atoms with Crippen LogP contribution >= 0.6 is 0 Å². The molecule has 0 fully saturated rings. The lowest BCUT2D eigenvalue weighted by Crippen LogP contribution is -2.12. The normalized spacial score (nSPS) is 9.76. The van der Waals surface area contributed by atoms with E-state index in [9.17, 15) is 9.59 Å². The van der Waals surface area contributed by atoms with Gasteiger partial charge >= 0.3 is 11.9 Å². The van der Waals surface area contributed by atoms with Gasteiger partial charge in [-0.3, -0.25) is 4.79 Å². The summed E-state index contributed by atoms with van der Waals surface area (Å²) in [5.41, 5.74) is 7.30. The molecule has 0 saturated heterocycles. The molecule has 1 rings (SSSR count). The highest BCUT2D eigenvalue weighted by atomic mass is 16.5. The fourth-order valence-electron chi connectivity index (χ4n) is 1.28. The highest BCUT2D eigenvalue weighted by Crippen LogP contribution is 2.16. The van der Waals surface area contributed by atoms with Gasteiger partial charge in [0.2, 0.25) is 0 Å². The molecule has 5 nitrogen and oxygen atoms in total. The van der Waals surface area contributed by atoms with Gasteiger partial charge in [-0.25, -0.2) is 4.79 Å². The van der Waals surface area contributed by atoms with Gasteiger partial charge in [-0.15, -0.1) is 0 Å². The molecule has 0 bridgehead atoms. The van der Waals surface area contributed by atoms with Crippen molar-refractivity contribution in [3.8, 4) is 0 Å². The molecule has 0 aliphatic heterocycles. The van der Waals surface area contributed by atoms with Crippen LogP contribution in [0.25, 0.3) is 0 Å². The lowest BCUT2D eigenvalue weighted by Gasteiger charge is -2.08. The summed E-state index contributed by atoms with van der Waals surface area (Å²) < 4.78 is 9.37. The van der Waals surface area contributed by atoms with Crippen LogP contribution < -0.4 is 5.73 Å². The van der Waals surface area contributed by atoms with E-state index in [2.05, 4.69) is 4.74 Å². The van der Waals surface area contributed by atoms with E-state index >= 15 is 0 Å². The molecule has 0 aromatic heterocycles. The Bertz CT molecular complexity index is 429. The molecule has 0 heterocycles. The van der Waals surface area contributed by atoms with Gasteiger partial charge in [0, 0.05) is 5.69 Å². The maximum absolute atomic E-state index is 11.7. The second-order valence-electron chi connectivity index (χ2n) is 3.48. The number of hydrogen-bond acceptors (Lipinski definition) is 5. The summed E-state index contributed by atoms with van der Waals surface area (Å²) in [5.74, 6) is -0.902. The zero-order chi connectivity index (χ0) is 12.8. The van der Waals surface area contributed by atoms with Crippen molar-refractivity contribution in [2.24, 2.45) is 0 Å². The molecule has 2 N–H and O–H groups in total. The first-order valence-corrected chi connectivity index (χ1v) is 5.15. The molecule has 92 valence electrons. The smallest absolute Gasteiger partial charge is 0.338 e. The number of esters is 2. The summed E-state index contributed by atoms with van der Waals surface area (Å²) in [5, 5.41) is 0. The largest absolute Gasteiger partial charge is 0.469 e. The van der Waals surface area contributed by atoms with Crippen LogP contribution in [0.5, 0.6) is 0 Å². The molecule has 0 aliphatic carbocycles. The van der Waals surface area contributed by atoms with Gasteiger partial charge in [0.1, 0.15) is 6.61 Å². The van der Waals surface area contributed by atoms with Crippen LogP contribution in [-0.2, 0) is 14.3 Å². The molecule has 0 aliphatic rings. The Hall–Kier alpha value is -2.04. The van der Waals surface area contributed by atoms with Crippen LogP contribution in [0.1, 0.15) is 22.3 Å². The Labute approximate surface area is 99.5 Å². The Kier molecular flexibility index (Phi) is 4.51. The van der Waals surface area contributed by atoms with Crippen LogP contribution in [0.3, 0.4) is 0 Å². The minimum absolute atomic E-state index is 0.000252. The number of carbonyl (C=O) groups is 2. The molecule has 0 saturated carbocycles. The highest BCUT2D eigenvalue weighted by molar-refractivity contribution is 5.92. The zero-order valence-corrected chi connectivity index (χ0v) is 9.86. The highest BCUT2D eigenvalue weighted by Gasteiger charge is 2.12. The number of benzene rings is 1. The van der Waals surface area contributed by atoms with Crippen LogP contribution in [0, 0.1) is 6.92 Å². The van der Waals surface area contributed by atoms with Crippen molar-refractivity contribution < 1.29 is 19.1 Å². The number of methoxy groups -OCH3 is 1. The molecule has 0 amide bonds. The maximum Gasteiger partial charge on any atom is 0.338 e. The van der Waals surface area contributed by atoms with Gasteiger partial charge in [-0.05, 0) is 24.6 Å². The van der Waals surface area contributed by atoms with E-state index in [0.717, 1.165) is 0 Å². The Balaban J connectivity index is 2.59. The predicted octanol–water partition coefficient (Wildman–Crippen LogP) is 1.30. The van der Waals surface area contributed by atoms with Gasteiger partial charge in [0.05, 0.1) is 19.1 Å². The lowest BCUT2D eigenvalue weighted by atomic mass is 10.1. The minimum atomic E-state index is -0.487. The monoisotopic (exact) mass is 237 g/mol. The van der Waals surface area contributed by atoms with Crippen molar-refractivity contribution in [3.63, 3.8) is 0 Å². The predicted molar refractivity (Wildman–Crippen MR) is 62.5 cm³/mol. The Morgan fingerprint density at radius 1 is 1.35 bits per heavy atom. The fourth-order valence-corrected chi connectivity index (χ4v) is 1.28. The SMILES string of the molecule is COC(=O)CCOC(=O)c1cccc(N)c1C. The Morgan fingerprint density at radius 3 is 2.71 bits per heavy atom. The summed E-state index contributed by atoms with van der Waals surface area (Å²) >= 11 is 0. The average molecular weight is 237 g/mol. The molecule has 17 heavy (non-hydrogen) atoms. The van der Waals surface area contributed by atoms with E-state index in [4.69, 9.17) is 10.5 Å². The number of nitrogen functional groups attached to an aromatic ring is 1. The van der Waals surface area contributed by atoms with Crippen molar-refractivity contribution in [1.29, 1.82) is 0 Å². The molecule has 0 unspecified atom stereocenters. The first-order valence-electron chi connectivity index (χ1n) is 5.15. The third kappa shape index (κ3) is 3.48. The van der Waals surface area contributed by atoms with Crippen LogP contribution in [0.15, 0.2) is 18.2 Å². The van der Waals surface area contributed by atoms with Crippen molar-refractivity contribution >= 4 is 17.6 Å². The third-order valence-electron chi connectivity index (χ3n) is 2.36. The molecule has 1 aromatic rings. The van der Waals surface area contributed by atoms with Gasteiger partial charge < -0.3 is 15.2 Å². The second kappa shape index (κ2) is 5.89. The number of nitrogens with two attached hydrogens (primary N) is 1. The van der Waals surface area contributed by atoms with Gasteiger partial charge in [-0.1, -0.05) is 6.07 Å². The van der Waals surface area contributed by atoms with Gasteiger partial charge in [0.15, 0.2) is 0 Å². The van der Waals surface area contributed by atoms with E-state index < -0.39 is 11.9 Å². The molecule has 0 radical (unpaired) electrons. The standard InChI is InChI=1S/C12H15NO4/c1-8-9(4-3-5-10(8)13)12(15)17-7-6-11(14)16-2/h3-5H,6-7,13H2,1-2H3. The molecule has 1 aromatic carbocycles. The van der Waals surface area contributed by atoms with Gasteiger partial charge in [-0.2, -0.15) is 0 Å². The topological polar surface area (TPSA) is 78.6 Å². The summed E-state index contributed by atoms with van der Waals surface area (Å²) in [4.78, 5) is 22.5. The molecule has 5 heteroatoms.